The van der Waals surface area contributed by atoms with Gasteiger partial charge in [0.1, 0.15) is 10.8 Å². The molecule has 0 spiro atoms. The summed E-state index contributed by atoms with van der Waals surface area (Å²) in [4.78, 5) is 7.66. The van der Waals surface area contributed by atoms with Crippen molar-refractivity contribution in [1.82, 2.24) is 9.97 Å². The van der Waals surface area contributed by atoms with Gasteiger partial charge in [-0.1, -0.05) is 11.6 Å². The number of nitrogens with one attached hydrogen (secondary N) is 1. The maximum Gasteiger partial charge on any atom is 0.232 e. The van der Waals surface area contributed by atoms with E-state index < -0.39 is 10.0 Å². The highest BCUT2D eigenvalue weighted by Crippen LogP contribution is 2.34. The predicted octanol–water partition coefficient (Wildman–Crippen LogP) is 2.63. The number of aromatic hydroxyl groups is 1. The molecule has 2 N–H and O–H groups in total. The summed E-state index contributed by atoms with van der Waals surface area (Å²) in [5.74, 6) is 0.137. The number of sulfonamides is 1. The van der Waals surface area contributed by atoms with Crippen LogP contribution in [0.15, 0.2) is 24.4 Å². The largest absolute Gasteiger partial charge is 0.508 e. The van der Waals surface area contributed by atoms with Crippen molar-refractivity contribution >= 4 is 50.4 Å². The summed E-state index contributed by atoms with van der Waals surface area (Å²) in [6.45, 7) is 0. The SMILES string of the molecule is CN(c1cc(O)ccc1Nc1nc(Cl)ncc1Cl)S(C)(=O)=O. The number of anilines is 3. The number of hydrogen-bond acceptors (Lipinski definition) is 6. The van der Waals surface area contributed by atoms with Crippen LogP contribution >= 0.6 is 23.2 Å². The van der Waals surface area contributed by atoms with Crippen molar-refractivity contribution in [2.75, 3.05) is 22.9 Å². The molecule has 0 fully saturated rings. The summed E-state index contributed by atoms with van der Waals surface area (Å²) in [6, 6.07) is 4.21. The third-order valence-electron chi connectivity index (χ3n) is 2.79. The minimum absolute atomic E-state index is 0.0105. The molecule has 7 nitrogen and oxygen atoms in total. The lowest BCUT2D eigenvalue weighted by Gasteiger charge is -2.21. The number of phenols is 1. The van der Waals surface area contributed by atoms with Gasteiger partial charge in [-0.15, -0.1) is 0 Å². The van der Waals surface area contributed by atoms with Crippen LogP contribution in [0.4, 0.5) is 17.2 Å². The molecule has 10 heteroatoms. The maximum atomic E-state index is 11.7. The van der Waals surface area contributed by atoms with Crippen LogP contribution in [-0.4, -0.2) is 36.8 Å². The zero-order chi connectivity index (χ0) is 16.5. The Morgan fingerprint density at radius 3 is 2.64 bits per heavy atom. The minimum Gasteiger partial charge on any atom is -0.508 e. The summed E-state index contributed by atoms with van der Waals surface area (Å²) in [5.41, 5.74) is 0.607. The molecule has 1 aromatic heterocycles. The second-order valence-corrected chi connectivity index (χ2v) is 7.15. The smallest absolute Gasteiger partial charge is 0.232 e. The molecule has 2 aromatic rings. The third-order valence-corrected chi connectivity index (χ3v) is 4.44. The van der Waals surface area contributed by atoms with Crippen molar-refractivity contribution in [3.8, 4) is 5.75 Å². The molecule has 118 valence electrons. The lowest BCUT2D eigenvalue weighted by atomic mass is 10.2. The maximum absolute atomic E-state index is 11.7. The summed E-state index contributed by atoms with van der Waals surface area (Å²) in [7, 11) is -2.15. The molecule has 0 atom stereocenters. The second-order valence-electron chi connectivity index (χ2n) is 4.39. The molecule has 22 heavy (non-hydrogen) atoms. The van der Waals surface area contributed by atoms with Gasteiger partial charge >= 0.3 is 0 Å². The molecular formula is C12H12Cl2N4O3S. The number of rotatable bonds is 4. The Morgan fingerprint density at radius 1 is 1.32 bits per heavy atom. The van der Waals surface area contributed by atoms with Gasteiger partial charge in [0.25, 0.3) is 0 Å². The Balaban J connectivity index is 2.50. The van der Waals surface area contributed by atoms with Crippen LogP contribution in [0.25, 0.3) is 0 Å². The van der Waals surface area contributed by atoms with Gasteiger partial charge in [-0.3, -0.25) is 4.31 Å². The summed E-state index contributed by atoms with van der Waals surface area (Å²) < 4.78 is 24.4. The molecule has 0 amide bonds. The molecule has 0 saturated heterocycles. The number of aromatic nitrogens is 2. The lowest BCUT2D eigenvalue weighted by Crippen LogP contribution is -2.25. The highest BCUT2D eigenvalue weighted by Gasteiger charge is 2.18. The van der Waals surface area contributed by atoms with Gasteiger partial charge < -0.3 is 10.4 Å². The molecule has 0 saturated carbocycles. The highest BCUT2D eigenvalue weighted by molar-refractivity contribution is 7.92. The number of phenolic OH excluding ortho intramolecular Hbond substituents is 1. The predicted molar refractivity (Wildman–Crippen MR) is 86.7 cm³/mol. The Kier molecular flexibility index (Phi) is 4.64. The first kappa shape index (κ1) is 16.6. The Hall–Kier alpha value is -1.77. The lowest BCUT2D eigenvalue weighted by molar-refractivity contribution is 0.475. The number of halogens is 2. The fourth-order valence-electron chi connectivity index (χ4n) is 1.63. The summed E-state index contributed by atoms with van der Waals surface area (Å²) >= 11 is 11.7. The van der Waals surface area contributed by atoms with E-state index in [1.165, 1.54) is 31.4 Å². The first-order valence-electron chi connectivity index (χ1n) is 5.90. The van der Waals surface area contributed by atoms with Crippen molar-refractivity contribution in [1.29, 1.82) is 0 Å². The molecule has 2 rings (SSSR count). The van der Waals surface area contributed by atoms with Gasteiger partial charge in [0.2, 0.25) is 15.3 Å². The number of nitrogens with zero attached hydrogens (tertiary/aromatic N) is 3. The standard InChI is InChI=1S/C12H12Cl2N4O3S/c1-18(22(2,20)21)10-5-7(19)3-4-9(10)16-11-8(13)6-15-12(14)17-11/h3-6,19H,1-2H3,(H,15,16,17). The van der Waals surface area contributed by atoms with E-state index in [0.717, 1.165) is 10.6 Å². The summed E-state index contributed by atoms with van der Waals surface area (Å²) in [5, 5.41) is 12.7. The Morgan fingerprint density at radius 2 is 2.00 bits per heavy atom. The second kappa shape index (κ2) is 6.15. The quantitative estimate of drug-likeness (QED) is 0.641. The van der Waals surface area contributed by atoms with Crippen molar-refractivity contribution in [3.05, 3.63) is 34.7 Å². The molecule has 0 radical (unpaired) electrons. The Bertz CT molecular complexity index is 814. The molecule has 0 aliphatic carbocycles. The monoisotopic (exact) mass is 362 g/mol. The van der Waals surface area contributed by atoms with E-state index in [9.17, 15) is 13.5 Å². The average molecular weight is 363 g/mol. The highest BCUT2D eigenvalue weighted by atomic mass is 35.5. The van der Waals surface area contributed by atoms with Crippen LogP contribution in [0, 0.1) is 0 Å². The number of benzene rings is 1. The molecule has 0 aliphatic rings. The first-order chi connectivity index (χ1) is 10.2. The molecular weight excluding hydrogens is 351 g/mol. The van der Waals surface area contributed by atoms with E-state index in [4.69, 9.17) is 23.2 Å². The van der Waals surface area contributed by atoms with Gasteiger partial charge in [0.15, 0.2) is 5.82 Å². The fourth-order valence-corrected chi connectivity index (χ4v) is 2.41. The van der Waals surface area contributed by atoms with Crippen LogP contribution in [-0.2, 0) is 10.0 Å². The van der Waals surface area contributed by atoms with E-state index in [1.807, 2.05) is 0 Å². The van der Waals surface area contributed by atoms with Gasteiger partial charge in [0, 0.05) is 13.1 Å². The average Bonchev–Trinajstić information content (AvgIpc) is 2.43. The van der Waals surface area contributed by atoms with E-state index >= 15 is 0 Å². The van der Waals surface area contributed by atoms with Crippen molar-refractivity contribution in [2.45, 2.75) is 0 Å². The van der Waals surface area contributed by atoms with Gasteiger partial charge in [0.05, 0.1) is 23.8 Å². The van der Waals surface area contributed by atoms with E-state index in [1.54, 1.807) is 0 Å². The fraction of sp³-hybridized carbons (Fsp3) is 0.167. The van der Waals surface area contributed by atoms with Gasteiger partial charge in [-0.05, 0) is 23.7 Å². The van der Waals surface area contributed by atoms with E-state index in [-0.39, 0.29) is 27.6 Å². The van der Waals surface area contributed by atoms with E-state index in [2.05, 4.69) is 15.3 Å². The molecule has 0 bridgehead atoms. The first-order valence-corrected chi connectivity index (χ1v) is 8.51. The summed E-state index contributed by atoms with van der Waals surface area (Å²) in [6.07, 6.45) is 2.37. The molecule has 0 unspecified atom stereocenters. The van der Waals surface area contributed by atoms with Crippen molar-refractivity contribution in [2.24, 2.45) is 0 Å². The zero-order valence-corrected chi connectivity index (χ0v) is 13.9. The molecule has 0 aliphatic heterocycles. The van der Waals surface area contributed by atoms with Crippen LogP contribution in [0.1, 0.15) is 0 Å². The van der Waals surface area contributed by atoms with Gasteiger partial charge in [-0.25, -0.2) is 13.4 Å². The van der Waals surface area contributed by atoms with Crippen molar-refractivity contribution in [3.63, 3.8) is 0 Å². The van der Waals surface area contributed by atoms with Crippen LogP contribution in [0.3, 0.4) is 0 Å². The van der Waals surface area contributed by atoms with Crippen LogP contribution < -0.4 is 9.62 Å². The van der Waals surface area contributed by atoms with E-state index in [0.29, 0.717) is 5.69 Å². The third kappa shape index (κ3) is 3.70. The Labute approximate surface area is 137 Å². The van der Waals surface area contributed by atoms with Crippen molar-refractivity contribution < 1.29 is 13.5 Å². The van der Waals surface area contributed by atoms with Crippen LogP contribution in [0.2, 0.25) is 10.3 Å². The minimum atomic E-state index is -3.52. The number of hydrogen-bond donors (Lipinski definition) is 2. The topological polar surface area (TPSA) is 95.4 Å². The van der Waals surface area contributed by atoms with Crippen LogP contribution in [0.5, 0.6) is 5.75 Å². The zero-order valence-electron chi connectivity index (χ0n) is 11.6. The molecule has 1 aromatic carbocycles. The normalized spacial score (nSPS) is 11.3. The molecule has 1 heterocycles. The van der Waals surface area contributed by atoms with Gasteiger partial charge in [-0.2, -0.15) is 4.98 Å².